The molecule has 3 N–H and O–H groups in total. The number of methoxy groups -OCH3 is 1. The van der Waals surface area contributed by atoms with Crippen molar-refractivity contribution in [1.29, 1.82) is 0 Å². The summed E-state index contributed by atoms with van der Waals surface area (Å²) in [6, 6.07) is 3.57. The minimum atomic E-state index is -1.51. The smallest absolute Gasteiger partial charge is 0.308 e. The van der Waals surface area contributed by atoms with E-state index in [-0.39, 0.29) is 11.3 Å². The summed E-state index contributed by atoms with van der Waals surface area (Å²) in [5.74, 6) is -1.21. The molecule has 1 rings (SSSR count). The SMILES string of the molecule is COC(=O)CC(O)C(O)c1ccc(NC(C)=O)c([N+](=O)[O-])c1. The van der Waals surface area contributed by atoms with Gasteiger partial charge in [0.25, 0.3) is 5.69 Å². The Balaban J connectivity index is 3.05. The lowest BCUT2D eigenvalue weighted by molar-refractivity contribution is -0.384. The first-order chi connectivity index (χ1) is 10.3. The number of carbonyl (C=O) groups excluding carboxylic acids is 2. The molecule has 0 heterocycles. The fourth-order valence-electron chi connectivity index (χ4n) is 1.77. The Morgan fingerprint density at radius 1 is 1.41 bits per heavy atom. The average molecular weight is 312 g/mol. The molecule has 2 atom stereocenters. The number of hydrogen-bond donors (Lipinski definition) is 3. The van der Waals surface area contributed by atoms with Gasteiger partial charge in [-0.2, -0.15) is 0 Å². The Labute approximate surface area is 125 Å². The molecule has 0 aliphatic heterocycles. The fourth-order valence-corrected chi connectivity index (χ4v) is 1.77. The van der Waals surface area contributed by atoms with Gasteiger partial charge in [0, 0.05) is 13.0 Å². The van der Waals surface area contributed by atoms with Crippen LogP contribution in [0.15, 0.2) is 18.2 Å². The second kappa shape index (κ2) is 7.48. The molecule has 22 heavy (non-hydrogen) atoms. The van der Waals surface area contributed by atoms with Gasteiger partial charge in [-0.3, -0.25) is 19.7 Å². The second-order valence-corrected chi connectivity index (χ2v) is 4.51. The average Bonchev–Trinajstić information content (AvgIpc) is 2.45. The van der Waals surface area contributed by atoms with E-state index in [4.69, 9.17) is 0 Å². The summed E-state index contributed by atoms with van der Waals surface area (Å²) < 4.78 is 4.37. The van der Waals surface area contributed by atoms with Crippen molar-refractivity contribution in [2.24, 2.45) is 0 Å². The van der Waals surface area contributed by atoms with E-state index in [2.05, 4.69) is 10.1 Å². The molecule has 0 aromatic heterocycles. The molecule has 2 unspecified atom stereocenters. The minimum absolute atomic E-state index is 0.0316. The fraction of sp³-hybridized carbons (Fsp3) is 0.385. The number of nitro benzene ring substituents is 1. The van der Waals surface area contributed by atoms with Crippen LogP contribution in [0.25, 0.3) is 0 Å². The predicted octanol–water partition coefficient (Wildman–Crippen LogP) is 0.511. The predicted molar refractivity (Wildman–Crippen MR) is 75.0 cm³/mol. The van der Waals surface area contributed by atoms with Crippen LogP contribution < -0.4 is 5.32 Å². The zero-order valence-electron chi connectivity index (χ0n) is 12.0. The van der Waals surface area contributed by atoms with Gasteiger partial charge in [0.2, 0.25) is 5.91 Å². The van der Waals surface area contributed by atoms with E-state index in [9.17, 15) is 29.9 Å². The van der Waals surface area contributed by atoms with Crippen LogP contribution in [0.5, 0.6) is 0 Å². The van der Waals surface area contributed by atoms with Crippen LogP contribution in [0.3, 0.4) is 0 Å². The Morgan fingerprint density at radius 3 is 2.55 bits per heavy atom. The van der Waals surface area contributed by atoms with E-state index in [1.807, 2.05) is 0 Å². The Bertz CT molecular complexity index is 588. The normalized spacial score (nSPS) is 13.1. The maximum Gasteiger partial charge on any atom is 0.308 e. The molecule has 0 bridgehead atoms. The third-order valence-electron chi connectivity index (χ3n) is 2.84. The number of amides is 1. The highest BCUT2D eigenvalue weighted by Gasteiger charge is 2.25. The summed E-state index contributed by atoms with van der Waals surface area (Å²) in [4.78, 5) is 32.3. The van der Waals surface area contributed by atoms with Gasteiger partial charge in [-0.25, -0.2) is 0 Å². The number of rotatable bonds is 6. The van der Waals surface area contributed by atoms with Crippen LogP contribution in [0.2, 0.25) is 0 Å². The van der Waals surface area contributed by atoms with Crippen molar-refractivity contribution in [3.63, 3.8) is 0 Å². The lowest BCUT2D eigenvalue weighted by atomic mass is 10.0. The third-order valence-corrected chi connectivity index (χ3v) is 2.84. The molecule has 1 amide bonds. The maximum atomic E-state index is 11.1. The standard InChI is InChI=1S/C13H16N2O7/c1-7(16)14-9-4-3-8(5-10(9)15(20)21)13(19)11(17)6-12(18)22-2/h3-5,11,13,17,19H,6H2,1-2H3,(H,14,16). The van der Waals surface area contributed by atoms with Crippen molar-refractivity contribution >= 4 is 23.3 Å². The lowest BCUT2D eigenvalue weighted by Gasteiger charge is -2.17. The van der Waals surface area contributed by atoms with Crippen LogP contribution in [-0.4, -0.2) is 40.2 Å². The van der Waals surface area contributed by atoms with Crippen molar-refractivity contribution in [3.8, 4) is 0 Å². The second-order valence-electron chi connectivity index (χ2n) is 4.51. The van der Waals surface area contributed by atoms with Crippen LogP contribution in [-0.2, 0) is 14.3 Å². The minimum Gasteiger partial charge on any atom is -0.469 e. The van der Waals surface area contributed by atoms with Crippen molar-refractivity contribution in [3.05, 3.63) is 33.9 Å². The number of nitrogens with one attached hydrogen (secondary N) is 1. The molecule has 0 saturated heterocycles. The molecule has 0 aliphatic carbocycles. The molecule has 1 aromatic rings. The Kier molecular flexibility index (Phi) is 5.96. The van der Waals surface area contributed by atoms with Crippen LogP contribution in [0.4, 0.5) is 11.4 Å². The molecule has 0 spiro atoms. The molecule has 0 saturated carbocycles. The molecule has 0 radical (unpaired) electrons. The Hall–Kier alpha value is -2.52. The first kappa shape index (κ1) is 17.5. The molecule has 9 nitrogen and oxygen atoms in total. The van der Waals surface area contributed by atoms with Crippen molar-refractivity contribution < 1.29 is 29.5 Å². The first-order valence-electron chi connectivity index (χ1n) is 6.25. The molecule has 0 fully saturated rings. The highest BCUT2D eigenvalue weighted by Crippen LogP contribution is 2.29. The zero-order chi connectivity index (χ0) is 16.9. The molecule has 1 aromatic carbocycles. The summed E-state index contributed by atoms with van der Waals surface area (Å²) >= 11 is 0. The molecule has 9 heteroatoms. The molecular weight excluding hydrogens is 296 g/mol. The summed E-state index contributed by atoms with van der Waals surface area (Å²) in [5.41, 5.74) is -0.426. The van der Waals surface area contributed by atoms with E-state index >= 15 is 0 Å². The summed E-state index contributed by atoms with van der Waals surface area (Å²) in [7, 11) is 1.13. The quantitative estimate of drug-likeness (QED) is 0.395. The van der Waals surface area contributed by atoms with Gasteiger partial charge in [0.05, 0.1) is 24.6 Å². The summed E-state index contributed by atoms with van der Waals surface area (Å²) in [6.07, 6.45) is -3.44. The highest BCUT2D eigenvalue weighted by molar-refractivity contribution is 5.91. The number of carbonyl (C=O) groups is 2. The summed E-state index contributed by atoms with van der Waals surface area (Å²) in [5, 5.41) is 33.0. The maximum absolute atomic E-state index is 11.1. The van der Waals surface area contributed by atoms with Gasteiger partial charge in [0.15, 0.2) is 0 Å². The Morgan fingerprint density at radius 2 is 2.05 bits per heavy atom. The topological polar surface area (TPSA) is 139 Å². The molecular formula is C13H16N2O7. The van der Waals surface area contributed by atoms with Gasteiger partial charge in [0.1, 0.15) is 11.8 Å². The van der Waals surface area contributed by atoms with Crippen molar-refractivity contribution in [1.82, 2.24) is 0 Å². The molecule has 120 valence electrons. The van der Waals surface area contributed by atoms with Crippen molar-refractivity contribution in [2.45, 2.75) is 25.6 Å². The van der Waals surface area contributed by atoms with Gasteiger partial charge in [-0.15, -0.1) is 0 Å². The largest absolute Gasteiger partial charge is 0.469 e. The number of nitrogens with zero attached hydrogens (tertiary/aromatic N) is 1. The van der Waals surface area contributed by atoms with Crippen LogP contribution >= 0.6 is 0 Å². The highest BCUT2D eigenvalue weighted by atomic mass is 16.6. The van der Waals surface area contributed by atoms with Gasteiger partial charge >= 0.3 is 5.97 Å². The van der Waals surface area contributed by atoms with Crippen LogP contribution in [0, 0.1) is 10.1 Å². The van der Waals surface area contributed by atoms with Gasteiger partial charge < -0.3 is 20.3 Å². The number of benzene rings is 1. The summed E-state index contributed by atoms with van der Waals surface area (Å²) in [6.45, 7) is 1.20. The monoisotopic (exact) mass is 312 g/mol. The molecule has 0 aliphatic rings. The van der Waals surface area contributed by atoms with Crippen molar-refractivity contribution in [2.75, 3.05) is 12.4 Å². The number of nitro groups is 1. The number of aliphatic hydroxyl groups is 2. The van der Waals surface area contributed by atoms with E-state index in [0.717, 1.165) is 13.2 Å². The van der Waals surface area contributed by atoms with Crippen LogP contribution in [0.1, 0.15) is 25.0 Å². The number of esters is 1. The number of hydrogen-bond acceptors (Lipinski definition) is 7. The first-order valence-corrected chi connectivity index (χ1v) is 6.25. The van der Waals surface area contributed by atoms with E-state index in [1.54, 1.807) is 0 Å². The number of ether oxygens (including phenoxy) is 1. The van der Waals surface area contributed by atoms with Gasteiger partial charge in [-0.1, -0.05) is 6.07 Å². The third kappa shape index (κ3) is 4.50. The number of anilines is 1. The van der Waals surface area contributed by atoms with Gasteiger partial charge in [-0.05, 0) is 11.6 Å². The van der Waals surface area contributed by atoms with E-state index < -0.39 is 41.1 Å². The van der Waals surface area contributed by atoms with E-state index in [0.29, 0.717) is 0 Å². The van der Waals surface area contributed by atoms with E-state index in [1.165, 1.54) is 19.1 Å². The zero-order valence-corrected chi connectivity index (χ0v) is 12.0. The number of aliphatic hydroxyl groups excluding tert-OH is 2. The lowest BCUT2D eigenvalue weighted by Crippen LogP contribution is -2.22.